The summed E-state index contributed by atoms with van der Waals surface area (Å²) < 4.78 is 5.12. The fourth-order valence-corrected chi connectivity index (χ4v) is 2.48. The van der Waals surface area contributed by atoms with Crippen molar-refractivity contribution in [3.05, 3.63) is 60.2 Å². The number of carbonyl (C=O) groups excluding carboxylic acids is 1. The Hall–Kier alpha value is -2.33. The van der Waals surface area contributed by atoms with Crippen LogP contribution in [0.15, 0.2) is 54.6 Å². The minimum atomic E-state index is -0.983. The number of anilines is 1. The van der Waals surface area contributed by atoms with Crippen molar-refractivity contribution >= 4 is 11.6 Å². The average molecular weight is 269 g/mol. The van der Waals surface area contributed by atoms with E-state index in [1.165, 1.54) is 0 Å². The average Bonchev–Trinajstić information content (AvgIpc) is 2.52. The maximum Gasteiger partial charge on any atom is 0.259 e. The number of nitrogens with zero attached hydrogens (tertiary/aromatic N) is 1. The molecule has 1 saturated heterocycles. The van der Waals surface area contributed by atoms with Crippen LogP contribution in [0, 0.1) is 0 Å². The SMILES string of the molecule is COc1ccc(C2C(O)C(=O)N2c2ccccc2)cc1. The van der Waals surface area contributed by atoms with Crippen LogP contribution < -0.4 is 9.64 Å². The minimum absolute atomic E-state index is 0.267. The van der Waals surface area contributed by atoms with E-state index in [1.807, 2.05) is 54.6 Å². The standard InChI is InChI=1S/C16H15NO3/c1-20-13-9-7-11(8-10-13)14-15(18)16(19)17(14)12-5-3-2-4-6-12/h2-10,14-15,18H,1H3. The van der Waals surface area contributed by atoms with E-state index in [4.69, 9.17) is 4.74 Å². The number of amides is 1. The second kappa shape index (κ2) is 4.98. The molecule has 4 nitrogen and oxygen atoms in total. The monoisotopic (exact) mass is 269 g/mol. The molecule has 0 aliphatic carbocycles. The van der Waals surface area contributed by atoms with Crippen LogP contribution in [0.25, 0.3) is 0 Å². The van der Waals surface area contributed by atoms with Crippen LogP contribution in [0.5, 0.6) is 5.75 Å². The Labute approximate surface area is 117 Å². The van der Waals surface area contributed by atoms with Crippen molar-refractivity contribution in [3.8, 4) is 5.75 Å². The van der Waals surface area contributed by atoms with E-state index in [2.05, 4.69) is 0 Å². The summed E-state index contributed by atoms with van der Waals surface area (Å²) in [6.07, 6.45) is -0.983. The van der Waals surface area contributed by atoms with Crippen molar-refractivity contribution in [1.82, 2.24) is 0 Å². The molecule has 1 aliphatic heterocycles. The van der Waals surface area contributed by atoms with E-state index >= 15 is 0 Å². The largest absolute Gasteiger partial charge is 0.497 e. The van der Waals surface area contributed by atoms with Gasteiger partial charge in [0.05, 0.1) is 13.2 Å². The molecule has 0 spiro atoms. The quantitative estimate of drug-likeness (QED) is 0.869. The van der Waals surface area contributed by atoms with Crippen LogP contribution in [-0.2, 0) is 4.79 Å². The molecular weight excluding hydrogens is 254 g/mol. The summed E-state index contributed by atoms with van der Waals surface area (Å²) in [6.45, 7) is 0. The summed E-state index contributed by atoms with van der Waals surface area (Å²) in [5, 5.41) is 9.97. The van der Waals surface area contributed by atoms with Gasteiger partial charge < -0.3 is 9.84 Å². The zero-order valence-electron chi connectivity index (χ0n) is 11.1. The van der Waals surface area contributed by atoms with Crippen molar-refractivity contribution in [3.63, 3.8) is 0 Å². The number of aliphatic hydroxyl groups excluding tert-OH is 1. The van der Waals surface area contributed by atoms with Gasteiger partial charge in [0, 0.05) is 5.69 Å². The molecule has 20 heavy (non-hydrogen) atoms. The molecule has 1 heterocycles. The van der Waals surface area contributed by atoms with Crippen molar-refractivity contribution in [2.45, 2.75) is 12.1 Å². The van der Waals surface area contributed by atoms with Gasteiger partial charge in [-0.15, -0.1) is 0 Å². The Kier molecular flexibility index (Phi) is 3.16. The lowest BCUT2D eigenvalue weighted by molar-refractivity contribution is -0.137. The lowest BCUT2D eigenvalue weighted by Crippen LogP contribution is -2.59. The highest BCUT2D eigenvalue weighted by atomic mass is 16.5. The first-order valence-corrected chi connectivity index (χ1v) is 6.42. The normalized spacial score (nSPS) is 21.5. The molecule has 0 saturated carbocycles. The highest BCUT2D eigenvalue weighted by Crippen LogP contribution is 2.39. The van der Waals surface area contributed by atoms with Crippen LogP contribution in [0.1, 0.15) is 11.6 Å². The number of aliphatic hydroxyl groups is 1. The predicted molar refractivity (Wildman–Crippen MR) is 75.7 cm³/mol. The van der Waals surface area contributed by atoms with Gasteiger partial charge in [-0.1, -0.05) is 30.3 Å². The second-order valence-corrected chi connectivity index (χ2v) is 4.71. The Balaban J connectivity index is 1.92. The fraction of sp³-hybridized carbons (Fsp3) is 0.188. The molecule has 0 radical (unpaired) electrons. The van der Waals surface area contributed by atoms with Gasteiger partial charge in [0.15, 0.2) is 6.10 Å². The Morgan fingerprint density at radius 1 is 1.05 bits per heavy atom. The van der Waals surface area contributed by atoms with Gasteiger partial charge in [0.25, 0.3) is 5.91 Å². The first-order chi connectivity index (χ1) is 9.72. The van der Waals surface area contributed by atoms with E-state index in [0.717, 1.165) is 17.0 Å². The number of para-hydroxylation sites is 1. The number of ether oxygens (including phenoxy) is 1. The van der Waals surface area contributed by atoms with Gasteiger partial charge >= 0.3 is 0 Å². The fourth-order valence-electron chi connectivity index (χ4n) is 2.48. The topological polar surface area (TPSA) is 49.8 Å². The van der Waals surface area contributed by atoms with E-state index in [1.54, 1.807) is 12.0 Å². The summed E-state index contributed by atoms with van der Waals surface area (Å²) in [4.78, 5) is 13.5. The predicted octanol–water partition coefficient (Wildman–Crippen LogP) is 2.14. The van der Waals surface area contributed by atoms with E-state index in [-0.39, 0.29) is 11.9 Å². The molecule has 3 rings (SSSR count). The Bertz CT molecular complexity index is 609. The minimum Gasteiger partial charge on any atom is -0.497 e. The highest BCUT2D eigenvalue weighted by Gasteiger charge is 2.47. The van der Waals surface area contributed by atoms with E-state index < -0.39 is 6.10 Å². The van der Waals surface area contributed by atoms with Crippen LogP contribution in [0.2, 0.25) is 0 Å². The molecule has 1 N–H and O–H groups in total. The first kappa shape index (κ1) is 12.7. The van der Waals surface area contributed by atoms with Gasteiger partial charge in [-0.25, -0.2) is 0 Å². The second-order valence-electron chi connectivity index (χ2n) is 4.71. The summed E-state index contributed by atoms with van der Waals surface area (Å²) >= 11 is 0. The van der Waals surface area contributed by atoms with Crippen molar-refractivity contribution in [1.29, 1.82) is 0 Å². The van der Waals surface area contributed by atoms with Gasteiger partial charge in [-0.3, -0.25) is 9.69 Å². The molecular formula is C16H15NO3. The van der Waals surface area contributed by atoms with Crippen LogP contribution in [0.4, 0.5) is 5.69 Å². The molecule has 2 unspecified atom stereocenters. The van der Waals surface area contributed by atoms with Crippen LogP contribution in [0.3, 0.4) is 0 Å². The van der Waals surface area contributed by atoms with Crippen LogP contribution in [-0.4, -0.2) is 24.2 Å². The lowest BCUT2D eigenvalue weighted by Gasteiger charge is -2.44. The zero-order valence-corrected chi connectivity index (χ0v) is 11.1. The molecule has 1 aliphatic rings. The number of hydrogen-bond acceptors (Lipinski definition) is 3. The number of hydrogen-bond donors (Lipinski definition) is 1. The molecule has 4 heteroatoms. The molecule has 102 valence electrons. The molecule has 0 bridgehead atoms. The summed E-state index contributed by atoms with van der Waals surface area (Å²) in [5.74, 6) is 0.483. The molecule has 2 aromatic rings. The third-order valence-corrected chi connectivity index (χ3v) is 3.56. The maximum atomic E-state index is 11.9. The summed E-state index contributed by atoms with van der Waals surface area (Å²) in [6, 6.07) is 16.4. The maximum absolute atomic E-state index is 11.9. The van der Waals surface area contributed by atoms with Crippen molar-refractivity contribution in [2.75, 3.05) is 12.0 Å². The smallest absolute Gasteiger partial charge is 0.259 e. The number of carbonyl (C=O) groups is 1. The summed E-state index contributed by atoms with van der Waals surface area (Å²) in [7, 11) is 1.60. The van der Waals surface area contributed by atoms with E-state index in [9.17, 15) is 9.90 Å². The highest BCUT2D eigenvalue weighted by molar-refractivity contribution is 6.04. The molecule has 2 atom stereocenters. The number of rotatable bonds is 3. The van der Waals surface area contributed by atoms with Gasteiger partial charge in [-0.2, -0.15) is 0 Å². The number of benzene rings is 2. The third-order valence-electron chi connectivity index (χ3n) is 3.56. The molecule has 0 aromatic heterocycles. The number of β-lactam (4-membered cyclic amide) rings is 1. The van der Waals surface area contributed by atoms with Crippen molar-refractivity contribution in [2.24, 2.45) is 0 Å². The number of methoxy groups -OCH3 is 1. The molecule has 2 aromatic carbocycles. The molecule has 1 fully saturated rings. The molecule has 1 amide bonds. The zero-order chi connectivity index (χ0) is 14.1. The van der Waals surface area contributed by atoms with Crippen molar-refractivity contribution < 1.29 is 14.6 Å². The van der Waals surface area contributed by atoms with Crippen LogP contribution >= 0.6 is 0 Å². The summed E-state index contributed by atoms with van der Waals surface area (Å²) in [5.41, 5.74) is 1.69. The third kappa shape index (κ3) is 1.94. The van der Waals surface area contributed by atoms with Gasteiger partial charge in [-0.05, 0) is 29.8 Å². The van der Waals surface area contributed by atoms with E-state index in [0.29, 0.717) is 0 Å². The van der Waals surface area contributed by atoms with Gasteiger partial charge in [0.1, 0.15) is 5.75 Å². The Morgan fingerprint density at radius 3 is 2.30 bits per heavy atom. The lowest BCUT2D eigenvalue weighted by atomic mass is 9.90. The first-order valence-electron chi connectivity index (χ1n) is 6.42. The Morgan fingerprint density at radius 2 is 1.70 bits per heavy atom. The van der Waals surface area contributed by atoms with Gasteiger partial charge in [0.2, 0.25) is 0 Å².